The van der Waals surface area contributed by atoms with Gasteiger partial charge in [0, 0.05) is 51.7 Å². The van der Waals surface area contributed by atoms with Crippen molar-refractivity contribution in [1.82, 2.24) is 24.7 Å². The molecule has 0 bridgehead atoms. The van der Waals surface area contributed by atoms with Crippen LogP contribution >= 0.6 is 0 Å². The molecule has 2 saturated heterocycles. The highest BCUT2D eigenvalue weighted by Gasteiger charge is 2.30. The molecule has 0 aliphatic carbocycles. The maximum Gasteiger partial charge on any atom is 0.251 e. The minimum absolute atomic E-state index is 0.104. The smallest absolute Gasteiger partial charge is 0.251 e. The van der Waals surface area contributed by atoms with E-state index in [9.17, 15) is 9.18 Å². The van der Waals surface area contributed by atoms with Gasteiger partial charge in [-0.25, -0.2) is 14.4 Å². The standard InChI is InChI=1S/C22H29FN6O2/c1-2-25-22(28-11-9-27(10-12-28)21(30)20-4-3-13-31-20)26-15-17-5-6-19(18(23)14-17)29-8-7-24-16-29/h5-8,14,16,20H,2-4,9-13,15H2,1H3,(H,25,26). The lowest BCUT2D eigenvalue weighted by molar-refractivity contribution is -0.142. The normalized spacial score (nSPS) is 19.7. The maximum atomic E-state index is 14.5. The van der Waals surface area contributed by atoms with Gasteiger partial charge in [0.2, 0.25) is 0 Å². The predicted molar refractivity (Wildman–Crippen MR) is 115 cm³/mol. The molecule has 1 atom stereocenters. The quantitative estimate of drug-likeness (QED) is 0.581. The van der Waals surface area contributed by atoms with Crippen LogP contribution in [-0.2, 0) is 16.1 Å². The van der Waals surface area contributed by atoms with Crippen molar-refractivity contribution in [2.75, 3.05) is 39.3 Å². The third kappa shape index (κ3) is 5.04. The summed E-state index contributed by atoms with van der Waals surface area (Å²) in [5.41, 5.74) is 1.26. The molecular weight excluding hydrogens is 399 g/mol. The average molecular weight is 429 g/mol. The minimum atomic E-state index is -0.308. The van der Waals surface area contributed by atoms with Crippen LogP contribution in [0.2, 0.25) is 0 Å². The first kappa shape index (κ1) is 21.3. The van der Waals surface area contributed by atoms with Crippen LogP contribution in [0.5, 0.6) is 0 Å². The van der Waals surface area contributed by atoms with Gasteiger partial charge in [0.1, 0.15) is 11.9 Å². The number of carbonyl (C=O) groups excluding carboxylic acids is 1. The Kier molecular flexibility index (Phi) is 6.81. The second-order valence-electron chi connectivity index (χ2n) is 7.74. The Morgan fingerprint density at radius 2 is 2.10 bits per heavy atom. The van der Waals surface area contributed by atoms with Gasteiger partial charge in [-0.3, -0.25) is 4.79 Å². The zero-order valence-electron chi connectivity index (χ0n) is 17.8. The molecule has 1 aromatic carbocycles. The van der Waals surface area contributed by atoms with Crippen molar-refractivity contribution < 1.29 is 13.9 Å². The summed E-state index contributed by atoms with van der Waals surface area (Å²) in [5.74, 6) is 0.579. The SMILES string of the molecule is CCNC(=NCc1ccc(-n2ccnc2)c(F)c1)N1CCN(C(=O)C2CCCO2)CC1. The van der Waals surface area contributed by atoms with Crippen LogP contribution in [0.25, 0.3) is 5.69 Å². The summed E-state index contributed by atoms with van der Waals surface area (Å²) in [7, 11) is 0. The fourth-order valence-corrected chi connectivity index (χ4v) is 3.97. The van der Waals surface area contributed by atoms with E-state index in [0.717, 1.165) is 30.9 Å². The summed E-state index contributed by atoms with van der Waals surface area (Å²) < 4.78 is 21.7. The number of aliphatic imine (C=N–C) groups is 1. The summed E-state index contributed by atoms with van der Waals surface area (Å²) >= 11 is 0. The number of hydrogen-bond acceptors (Lipinski definition) is 4. The van der Waals surface area contributed by atoms with E-state index in [2.05, 4.69) is 15.2 Å². The molecular formula is C22H29FN6O2. The summed E-state index contributed by atoms with van der Waals surface area (Å²) in [6.07, 6.45) is 6.41. The Balaban J connectivity index is 1.37. The van der Waals surface area contributed by atoms with Crippen LogP contribution in [-0.4, -0.2) is 76.7 Å². The number of carbonyl (C=O) groups is 1. The van der Waals surface area contributed by atoms with Crippen molar-refractivity contribution in [3.63, 3.8) is 0 Å². The van der Waals surface area contributed by atoms with Crippen molar-refractivity contribution in [2.45, 2.75) is 32.4 Å². The molecule has 166 valence electrons. The number of aromatic nitrogens is 2. The molecule has 2 aromatic rings. The van der Waals surface area contributed by atoms with E-state index in [-0.39, 0.29) is 17.8 Å². The Labute approximate surface area is 181 Å². The molecule has 1 amide bonds. The third-order valence-electron chi connectivity index (χ3n) is 5.64. The monoisotopic (exact) mass is 428 g/mol. The number of nitrogens with one attached hydrogen (secondary N) is 1. The molecule has 3 heterocycles. The molecule has 1 aromatic heterocycles. The number of amides is 1. The Hall–Kier alpha value is -2.94. The number of hydrogen-bond donors (Lipinski definition) is 1. The minimum Gasteiger partial charge on any atom is -0.368 e. The van der Waals surface area contributed by atoms with Gasteiger partial charge in [0.25, 0.3) is 5.91 Å². The van der Waals surface area contributed by atoms with E-state index in [1.165, 1.54) is 6.07 Å². The van der Waals surface area contributed by atoms with E-state index < -0.39 is 0 Å². The molecule has 0 radical (unpaired) electrons. The highest BCUT2D eigenvalue weighted by atomic mass is 19.1. The van der Waals surface area contributed by atoms with Gasteiger partial charge in [-0.15, -0.1) is 0 Å². The topological polar surface area (TPSA) is 75.0 Å². The lowest BCUT2D eigenvalue weighted by atomic mass is 10.2. The Morgan fingerprint density at radius 3 is 2.74 bits per heavy atom. The molecule has 1 unspecified atom stereocenters. The van der Waals surface area contributed by atoms with E-state index in [1.807, 2.05) is 17.9 Å². The van der Waals surface area contributed by atoms with Crippen LogP contribution < -0.4 is 5.32 Å². The lowest BCUT2D eigenvalue weighted by Crippen LogP contribution is -2.55. The van der Waals surface area contributed by atoms with E-state index >= 15 is 0 Å². The van der Waals surface area contributed by atoms with Crippen molar-refractivity contribution in [3.8, 4) is 5.69 Å². The molecule has 2 aliphatic heterocycles. The average Bonchev–Trinajstić information content (AvgIpc) is 3.51. The molecule has 2 aliphatic rings. The number of piperazine rings is 1. The highest BCUT2D eigenvalue weighted by molar-refractivity contribution is 5.82. The molecule has 8 nitrogen and oxygen atoms in total. The van der Waals surface area contributed by atoms with Crippen molar-refractivity contribution in [2.24, 2.45) is 4.99 Å². The summed E-state index contributed by atoms with van der Waals surface area (Å²) in [6.45, 7) is 6.52. The second kappa shape index (κ2) is 9.91. The Morgan fingerprint density at radius 1 is 1.29 bits per heavy atom. The van der Waals surface area contributed by atoms with Crippen LogP contribution in [0.4, 0.5) is 4.39 Å². The molecule has 31 heavy (non-hydrogen) atoms. The predicted octanol–water partition coefficient (Wildman–Crippen LogP) is 1.80. The highest BCUT2D eigenvalue weighted by Crippen LogP contribution is 2.17. The van der Waals surface area contributed by atoms with E-state index in [4.69, 9.17) is 9.73 Å². The number of nitrogens with zero attached hydrogens (tertiary/aromatic N) is 5. The lowest BCUT2D eigenvalue weighted by Gasteiger charge is -2.37. The fraction of sp³-hybridized carbons (Fsp3) is 0.500. The first-order chi connectivity index (χ1) is 15.2. The van der Waals surface area contributed by atoms with Crippen LogP contribution in [0.15, 0.2) is 41.9 Å². The number of guanidine groups is 1. The van der Waals surface area contributed by atoms with Gasteiger partial charge in [0.15, 0.2) is 5.96 Å². The molecule has 4 rings (SSSR count). The number of benzene rings is 1. The van der Waals surface area contributed by atoms with Gasteiger partial charge in [-0.1, -0.05) is 6.07 Å². The largest absolute Gasteiger partial charge is 0.368 e. The van der Waals surface area contributed by atoms with E-state index in [0.29, 0.717) is 45.0 Å². The van der Waals surface area contributed by atoms with Crippen LogP contribution in [0.1, 0.15) is 25.3 Å². The van der Waals surface area contributed by atoms with Gasteiger partial charge in [-0.2, -0.15) is 0 Å². The van der Waals surface area contributed by atoms with Crippen LogP contribution in [0.3, 0.4) is 0 Å². The van der Waals surface area contributed by atoms with E-state index in [1.54, 1.807) is 29.4 Å². The summed E-state index contributed by atoms with van der Waals surface area (Å²) in [6, 6.07) is 5.13. The number of halogens is 1. The summed E-state index contributed by atoms with van der Waals surface area (Å²) in [5, 5.41) is 3.31. The molecule has 9 heteroatoms. The van der Waals surface area contributed by atoms with Crippen molar-refractivity contribution >= 4 is 11.9 Å². The molecule has 1 N–H and O–H groups in total. The number of imidazole rings is 1. The molecule has 2 fully saturated rings. The number of rotatable bonds is 5. The van der Waals surface area contributed by atoms with Crippen molar-refractivity contribution in [1.29, 1.82) is 0 Å². The fourth-order valence-electron chi connectivity index (χ4n) is 3.97. The zero-order valence-corrected chi connectivity index (χ0v) is 17.8. The van der Waals surface area contributed by atoms with Crippen molar-refractivity contribution in [3.05, 3.63) is 48.3 Å². The third-order valence-corrected chi connectivity index (χ3v) is 5.64. The van der Waals surface area contributed by atoms with Gasteiger partial charge in [-0.05, 0) is 37.5 Å². The number of ether oxygens (including phenoxy) is 1. The summed E-state index contributed by atoms with van der Waals surface area (Å²) in [4.78, 5) is 25.3. The zero-order chi connectivity index (χ0) is 21.6. The molecule has 0 spiro atoms. The maximum absolute atomic E-state index is 14.5. The first-order valence-electron chi connectivity index (χ1n) is 10.9. The van der Waals surface area contributed by atoms with Gasteiger partial charge >= 0.3 is 0 Å². The first-order valence-corrected chi connectivity index (χ1v) is 10.9. The Bertz CT molecular complexity index is 903. The second-order valence-corrected chi connectivity index (χ2v) is 7.74. The van der Waals surface area contributed by atoms with Gasteiger partial charge < -0.3 is 24.4 Å². The van der Waals surface area contributed by atoms with Crippen LogP contribution in [0, 0.1) is 5.82 Å². The van der Waals surface area contributed by atoms with Gasteiger partial charge in [0.05, 0.1) is 18.6 Å². The molecule has 0 saturated carbocycles.